The van der Waals surface area contributed by atoms with Gasteiger partial charge in [0.1, 0.15) is 5.75 Å². The Labute approximate surface area is 82.9 Å². The molecule has 72 valence electrons. The van der Waals surface area contributed by atoms with E-state index < -0.39 is 0 Å². The summed E-state index contributed by atoms with van der Waals surface area (Å²) >= 11 is 0. The molecule has 0 bridgehead atoms. The predicted octanol–water partition coefficient (Wildman–Crippen LogP) is 2.40. The van der Waals surface area contributed by atoms with Gasteiger partial charge in [-0.25, -0.2) is 0 Å². The minimum Gasteiger partial charge on any atom is -0.494 e. The standard InChI is InChI=1S/C11H18OSi/c1-10-4-6-11(7-5-10)12-8-3-9-13-2/h4-7H,3,8-9,13H2,1-2H3. The molecule has 0 saturated carbocycles. The summed E-state index contributed by atoms with van der Waals surface area (Å²) in [6.45, 7) is 5.31. The lowest BCUT2D eigenvalue weighted by Crippen LogP contribution is -1.97. The normalized spacial score (nSPS) is 10.9. The molecule has 0 aliphatic heterocycles. The zero-order chi connectivity index (χ0) is 9.52. The molecule has 0 aliphatic carbocycles. The van der Waals surface area contributed by atoms with Gasteiger partial charge in [-0.1, -0.05) is 30.3 Å². The fourth-order valence-electron chi connectivity index (χ4n) is 1.18. The van der Waals surface area contributed by atoms with Crippen LogP contribution in [0.15, 0.2) is 24.3 Å². The first-order valence-corrected chi connectivity index (χ1v) is 7.44. The van der Waals surface area contributed by atoms with E-state index in [9.17, 15) is 0 Å². The van der Waals surface area contributed by atoms with E-state index in [2.05, 4.69) is 25.6 Å². The second-order valence-electron chi connectivity index (χ2n) is 3.37. The fraction of sp³-hybridized carbons (Fsp3) is 0.455. The Hall–Kier alpha value is -0.763. The van der Waals surface area contributed by atoms with Crippen molar-refractivity contribution < 1.29 is 4.74 Å². The van der Waals surface area contributed by atoms with Crippen LogP contribution in [0.4, 0.5) is 0 Å². The van der Waals surface area contributed by atoms with E-state index >= 15 is 0 Å². The third-order valence-electron chi connectivity index (χ3n) is 2.04. The van der Waals surface area contributed by atoms with Crippen molar-refractivity contribution in [1.29, 1.82) is 0 Å². The summed E-state index contributed by atoms with van der Waals surface area (Å²) in [7, 11) is 0.227. The Morgan fingerprint density at radius 3 is 2.54 bits per heavy atom. The lowest BCUT2D eigenvalue weighted by atomic mass is 10.2. The maximum Gasteiger partial charge on any atom is 0.119 e. The summed E-state index contributed by atoms with van der Waals surface area (Å²) in [6.07, 6.45) is 1.22. The van der Waals surface area contributed by atoms with Gasteiger partial charge in [-0.3, -0.25) is 0 Å². The van der Waals surface area contributed by atoms with Crippen molar-refractivity contribution in [2.45, 2.75) is 25.9 Å². The van der Waals surface area contributed by atoms with Gasteiger partial charge in [0.2, 0.25) is 0 Å². The predicted molar refractivity (Wildman–Crippen MR) is 60.5 cm³/mol. The number of aryl methyl sites for hydroxylation is 1. The molecule has 0 aromatic heterocycles. The molecule has 1 aromatic carbocycles. The molecule has 1 aromatic rings. The van der Waals surface area contributed by atoms with Crippen LogP contribution in [0.2, 0.25) is 12.6 Å². The Kier molecular flexibility index (Phi) is 4.61. The summed E-state index contributed by atoms with van der Waals surface area (Å²) < 4.78 is 5.59. The lowest BCUT2D eigenvalue weighted by Gasteiger charge is -2.05. The molecule has 0 saturated heterocycles. The first-order chi connectivity index (χ1) is 6.33. The van der Waals surface area contributed by atoms with Crippen molar-refractivity contribution in [3.05, 3.63) is 29.8 Å². The van der Waals surface area contributed by atoms with E-state index in [0.717, 1.165) is 12.4 Å². The van der Waals surface area contributed by atoms with Crippen LogP contribution in [-0.4, -0.2) is 16.1 Å². The highest BCUT2D eigenvalue weighted by Crippen LogP contribution is 2.11. The number of benzene rings is 1. The molecule has 0 amide bonds. The summed E-state index contributed by atoms with van der Waals surface area (Å²) in [5.74, 6) is 1.00. The van der Waals surface area contributed by atoms with Crippen molar-refractivity contribution in [2.75, 3.05) is 6.61 Å². The molecule has 0 N–H and O–H groups in total. The largest absolute Gasteiger partial charge is 0.494 e. The minimum absolute atomic E-state index is 0.227. The van der Waals surface area contributed by atoms with Crippen LogP contribution in [0.1, 0.15) is 12.0 Å². The van der Waals surface area contributed by atoms with Gasteiger partial charge < -0.3 is 4.74 Å². The van der Waals surface area contributed by atoms with Crippen molar-refractivity contribution in [1.82, 2.24) is 0 Å². The first-order valence-electron chi connectivity index (χ1n) is 5.02. The van der Waals surface area contributed by atoms with Crippen molar-refractivity contribution in [3.63, 3.8) is 0 Å². The first kappa shape index (κ1) is 10.3. The average Bonchev–Trinajstić information content (AvgIpc) is 2.15. The Morgan fingerprint density at radius 1 is 1.23 bits per heavy atom. The summed E-state index contributed by atoms with van der Waals surface area (Å²) in [4.78, 5) is 0. The zero-order valence-electron chi connectivity index (χ0n) is 8.55. The van der Waals surface area contributed by atoms with E-state index in [-0.39, 0.29) is 9.52 Å². The quantitative estimate of drug-likeness (QED) is 0.516. The molecule has 1 nitrogen and oxygen atoms in total. The Balaban J connectivity index is 2.25. The van der Waals surface area contributed by atoms with Crippen LogP contribution in [-0.2, 0) is 0 Å². The maximum atomic E-state index is 5.59. The van der Waals surface area contributed by atoms with Gasteiger partial charge in [-0.05, 0) is 25.5 Å². The molecule has 0 heterocycles. The van der Waals surface area contributed by atoms with Crippen molar-refractivity contribution in [3.8, 4) is 5.75 Å². The Bertz CT molecular complexity index is 230. The molecule has 0 unspecified atom stereocenters. The highest BCUT2D eigenvalue weighted by atomic mass is 28.2. The number of hydrogen-bond donors (Lipinski definition) is 0. The van der Waals surface area contributed by atoms with Crippen LogP contribution in [0.5, 0.6) is 5.75 Å². The van der Waals surface area contributed by atoms with Gasteiger partial charge in [0.05, 0.1) is 6.61 Å². The molecule has 0 radical (unpaired) electrons. The molecule has 1 rings (SSSR count). The van der Waals surface area contributed by atoms with Crippen molar-refractivity contribution >= 4 is 9.52 Å². The van der Waals surface area contributed by atoms with E-state index in [1.807, 2.05) is 12.1 Å². The SMILES string of the molecule is C[SiH2]CCCOc1ccc(C)cc1. The molecule has 0 spiro atoms. The van der Waals surface area contributed by atoms with Gasteiger partial charge in [0.25, 0.3) is 0 Å². The topological polar surface area (TPSA) is 9.23 Å². The number of hydrogen-bond acceptors (Lipinski definition) is 1. The van der Waals surface area contributed by atoms with E-state index in [1.54, 1.807) is 0 Å². The van der Waals surface area contributed by atoms with Crippen molar-refractivity contribution in [2.24, 2.45) is 0 Å². The molecule has 2 heteroatoms. The van der Waals surface area contributed by atoms with Gasteiger partial charge >= 0.3 is 0 Å². The number of rotatable bonds is 5. The third kappa shape index (κ3) is 4.13. The highest BCUT2D eigenvalue weighted by Gasteiger charge is 1.92. The summed E-state index contributed by atoms with van der Waals surface area (Å²) in [5, 5.41) is 0. The van der Waals surface area contributed by atoms with E-state index in [4.69, 9.17) is 4.74 Å². The molecule has 0 fully saturated rings. The smallest absolute Gasteiger partial charge is 0.119 e. The van der Waals surface area contributed by atoms with Crippen LogP contribution in [0.3, 0.4) is 0 Å². The summed E-state index contributed by atoms with van der Waals surface area (Å²) in [5.41, 5.74) is 1.29. The monoisotopic (exact) mass is 194 g/mol. The fourth-order valence-corrected chi connectivity index (χ4v) is 1.88. The molecular weight excluding hydrogens is 176 g/mol. The third-order valence-corrected chi connectivity index (χ3v) is 3.24. The summed E-state index contributed by atoms with van der Waals surface area (Å²) in [6, 6.07) is 9.65. The molecule has 0 aliphatic rings. The van der Waals surface area contributed by atoms with Crippen LogP contribution in [0, 0.1) is 6.92 Å². The number of ether oxygens (including phenoxy) is 1. The van der Waals surface area contributed by atoms with Crippen LogP contribution >= 0.6 is 0 Å². The average molecular weight is 194 g/mol. The van der Waals surface area contributed by atoms with E-state index in [1.165, 1.54) is 18.0 Å². The van der Waals surface area contributed by atoms with E-state index in [0.29, 0.717) is 0 Å². The maximum absolute atomic E-state index is 5.59. The Morgan fingerprint density at radius 2 is 1.92 bits per heavy atom. The molecule has 13 heavy (non-hydrogen) atoms. The lowest BCUT2D eigenvalue weighted by molar-refractivity contribution is 0.317. The minimum atomic E-state index is 0.227. The van der Waals surface area contributed by atoms with Gasteiger partial charge in [-0.15, -0.1) is 0 Å². The van der Waals surface area contributed by atoms with Gasteiger partial charge in [0, 0.05) is 9.52 Å². The molecule has 0 atom stereocenters. The highest BCUT2D eigenvalue weighted by molar-refractivity contribution is 6.33. The zero-order valence-corrected chi connectivity index (χ0v) is 9.96. The van der Waals surface area contributed by atoms with Crippen LogP contribution < -0.4 is 4.74 Å². The van der Waals surface area contributed by atoms with Crippen LogP contribution in [0.25, 0.3) is 0 Å². The van der Waals surface area contributed by atoms with Gasteiger partial charge in [0.15, 0.2) is 0 Å². The molecular formula is C11H18OSi. The van der Waals surface area contributed by atoms with Gasteiger partial charge in [-0.2, -0.15) is 0 Å². The second kappa shape index (κ2) is 5.81. The second-order valence-corrected chi connectivity index (χ2v) is 5.08.